The first-order valence-corrected chi connectivity index (χ1v) is 6.84. The van der Waals surface area contributed by atoms with Crippen molar-refractivity contribution in [2.75, 3.05) is 20.2 Å². The molecule has 2 rings (SSSR count). The second-order valence-electron chi connectivity index (χ2n) is 4.99. The Bertz CT molecular complexity index is 487. The van der Waals surface area contributed by atoms with E-state index < -0.39 is 0 Å². The molecule has 3 heteroatoms. The molecule has 0 radical (unpaired) electrons. The molecule has 1 aliphatic heterocycles. The van der Waals surface area contributed by atoms with Crippen LogP contribution in [-0.4, -0.2) is 31.1 Å². The maximum absolute atomic E-state index is 5.46. The maximum atomic E-state index is 5.46. The Labute approximate surface area is 115 Å². The lowest BCUT2D eigenvalue weighted by molar-refractivity contribution is 0.260. The van der Waals surface area contributed by atoms with Gasteiger partial charge in [-0.25, -0.2) is 0 Å². The molecule has 2 N–H and O–H groups in total. The Morgan fingerprint density at radius 3 is 2.95 bits per heavy atom. The highest BCUT2D eigenvalue weighted by Crippen LogP contribution is 2.23. The van der Waals surface area contributed by atoms with E-state index in [9.17, 15) is 0 Å². The highest BCUT2D eigenvalue weighted by atomic mass is 16.5. The summed E-state index contributed by atoms with van der Waals surface area (Å²) < 4.78 is 5.31. The van der Waals surface area contributed by atoms with Crippen molar-refractivity contribution in [2.24, 2.45) is 5.73 Å². The third-order valence-corrected chi connectivity index (χ3v) is 3.70. The SMILES string of the molecule is COc1ccc(C#CCN)c(CN2CCCC2C)c1. The van der Waals surface area contributed by atoms with Crippen LogP contribution in [0.25, 0.3) is 0 Å². The van der Waals surface area contributed by atoms with Gasteiger partial charge in [0, 0.05) is 18.2 Å². The highest BCUT2D eigenvalue weighted by molar-refractivity contribution is 5.45. The number of rotatable bonds is 3. The van der Waals surface area contributed by atoms with Crippen molar-refractivity contribution in [2.45, 2.75) is 32.4 Å². The van der Waals surface area contributed by atoms with Gasteiger partial charge in [0.2, 0.25) is 0 Å². The van der Waals surface area contributed by atoms with Crippen molar-refractivity contribution in [3.63, 3.8) is 0 Å². The molecule has 1 heterocycles. The molecule has 1 saturated heterocycles. The molecule has 0 amide bonds. The summed E-state index contributed by atoms with van der Waals surface area (Å²) in [6, 6.07) is 6.72. The third-order valence-electron chi connectivity index (χ3n) is 3.70. The van der Waals surface area contributed by atoms with Gasteiger partial charge in [-0.05, 0) is 50.1 Å². The zero-order valence-corrected chi connectivity index (χ0v) is 11.8. The van der Waals surface area contributed by atoms with Crippen molar-refractivity contribution in [1.82, 2.24) is 4.90 Å². The number of hydrogen-bond donors (Lipinski definition) is 1. The standard InChI is InChI=1S/C16H22N2O/c1-13-5-4-10-18(13)12-15-11-16(19-2)8-7-14(15)6-3-9-17/h7-8,11,13H,4-5,9-10,12,17H2,1-2H3. The minimum absolute atomic E-state index is 0.394. The van der Waals surface area contributed by atoms with Gasteiger partial charge < -0.3 is 10.5 Å². The van der Waals surface area contributed by atoms with Crippen LogP contribution in [0.3, 0.4) is 0 Å². The van der Waals surface area contributed by atoms with E-state index in [0.717, 1.165) is 17.9 Å². The topological polar surface area (TPSA) is 38.5 Å². The first kappa shape index (κ1) is 13.9. The van der Waals surface area contributed by atoms with Crippen molar-refractivity contribution in [3.8, 4) is 17.6 Å². The average molecular weight is 258 g/mol. The van der Waals surface area contributed by atoms with Crippen LogP contribution in [0.15, 0.2) is 18.2 Å². The van der Waals surface area contributed by atoms with E-state index in [0.29, 0.717) is 12.6 Å². The summed E-state index contributed by atoms with van der Waals surface area (Å²) in [5, 5.41) is 0. The summed E-state index contributed by atoms with van der Waals surface area (Å²) in [5.41, 5.74) is 7.75. The van der Waals surface area contributed by atoms with E-state index in [1.807, 2.05) is 12.1 Å². The van der Waals surface area contributed by atoms with Gasteiger partial charge in [0.05, 0.1) is 13.7 Å². The second kappa shape index (κ2) is 6.60. The first-order chi connectivity index (χ1) is 9.24. The minimum Gasteiger partial charge on any atom is -0.497 e. The van der Waals surface area contributed by atoms with Crippen molar-refractivity contribution in [3.05, 3.63) is 29.3 Å². The van der Waals surface area contributed by atoms with E-state index >= 15 is 0 Å². The van der Waals surface area contributed by atoms with Gasteiger partial charge in [0.15, 0.2) is 0 Å². The Hall–Kier alpha value is -1.50. The van der Waals surface area contributed by atoms with Gasteiger partial charge in [-0.1, -0.05) is 11.8 Å². The minimum atomic E-state index is 0.394. The number of nitrogens with zero attached hydrogens (tertiary/aromatic N) is 1. The Balaban J connectivity index is 2.24. The lowest BCUT2D eigenvalue weighted by atomic mass is 10.1. The summed E-state index contributed by atoms with van der Waals surface area (Å²) in [4.78, 5) is 2.50. The quantitative estimate of drug-likeness (QED) is 0.843. The number of benzene rings is 1. The third kappa shape index (κ3) is 3.50. The van der Waals surface area contributed by atoms with Gasteiger partial charge in [-0.2, -0.15) is 0 Å². The molecule has 3 nitrogen and oxygen atoms in total. The molecule has 1 fully saturated rings. The Kier molecular flexibility index (Phi) is 4.84. The van der Waals surface area contributed by atoms with E-state index in [1.165, 1.54) is 24.9 Å². The maximum Gasteiger partial charge on any atom is 0.119 e. The average Bonchev–Trinajstić information content (AvgIpc) is 2.83. The normalized spacial score (nSPS) is 19.0. The molecule has 0 saturated carbocycles. The Morgan fingerprint density at radius 2 is 2.32 bits per heavy atom. The predicted octanol–water partition coefficient (Wildman–Crippen LogP) is 1.99. The number of ether oxygens (including phenoxy) is 1. The molecule has 0 aliphatic carbocycles. The van der Waals surface area contributed by atoms with Gasteiger partial charge in [0.1, 0.15) is 5.75 Å². The van der Waals surface area contributed by atoms with Crippen LogP contribution < -0.4 is 10.5 Å². The Morgan fingerprint density at radius 1 is 1.47 bits per heavy atom. The fraction of sp³-hybridized carbons (Fsp3) is 0.500. The van der Waals surface area contributed by atoms with Gasteiger partial charge in [0.25, 0.3) is 0 Å². The molecular weight excluding hydrogens is 236 g/mol. The van der Waals surface area contributed by atoms with Crippen LogP contribution >= 0.6 is 0 Å². The van der Waals surface area contributed by atoms with Crippen LogP contribution in [0.1, 0.15) is 30.9 Å². The fourth-order valence-corrected chi connectivity index (χ4v) is 2.54. The second-order valence-corrected chi connectivity index (χ2v) is 4.99. The molecule has 1 atom stereocenters. The van der Waals surface area contributed by atoms with E-state index in [2.05, 4.69) is 29.7 Å². The molecule has 1 aliphatic rings. The summed E-state index contributed by atoms with van der Waals surface area (Å²) in [5.74, 6) is 6.98. The summed E-state index contributed by atoms with van der Waals surface area (Å²) in [6.07, 6.45) is 2.57. The van der Waals surface area contributed by atoms with Crippen LogP contribution in [-0.2, 0) is 6.54 Å². The molecule has 102 valence electrons. The van der Waals surface area contributed by atoms with Gasteiger partial charge in [-0.3, -0.25) is 4.90 Å². The van der Waals surface area contributed by atoms with Crippen molar-refractivity contribution < 1.29 is 4.74 Å². The molecule has 19 heavy (non-hydrogen) atoms. The molecule has 0 aromatic heterocycles. The summed E-state index contributed by atoms with van der Waals surface area (Å²) in [7, 11) is 1.70. The first-order valence-electron chi connectivity index (χ1n) is 6.84. The van der Waals surface area contributed by atoms with E-state index in [1.54, 1.807) is 7.11 Å². The zero-order chi connectivity index (χ0) is 13.7. The lowest BCUT2D eigenvalue weighted by Gasteiger charge is -2.22. The molecule has 1 unspecified atom stereocenters. The van der Waals surface area contributed by atoms with E-state index in [-0.39, 0.29) is 0 Å². The number of nitrogens with two attached hydrogens (primary N) is 1. The summed E-state index contributed by atoms with van der Waals surface area (Å²) >= 11 is 0. The molecule has 0 bridgehead atoms. The summed E-state index contributed by atoms with van der Waals surface area (Å²) in [6.45, 7) is 4.79. The monoisotopic (exact) mass is 258 g/mol. The van der Waals surface area contributed by atoms with E-state index in [4.69, 9.17) is 10.5 Å². The van der Waals surface area contributed by atoms with Crippen LogP contribution in [0.4, 0.5) is 0 Å². The predicted molar refractivity (Wildman–Crippen MR) is 78.0 cm³/mol. The van der Waals surface area contributed by atoms with Gasteiger partial charge >= 0.3 is 0 Å². The number of hydrogen-bond acceptors (Lipinski definition) is 3. The fourth-order valence-electron chi connectivity index (χ4n) is 2.54. The molecule has 0 spiro atoms. The molecule has 1 aromatic carbocycles. The number of likely N-dealkylation sites (tertiary alicyclic amines) is 1. The zero-order valence-electron chi connectivity index (χ0n) is 11.8. The molecule has 1 aromatic rings. The van der Waals surface area contributed by atoms with Crippen LogP contribution in [0, 0.1) is 11.8 Å². The lowest BCUT2D eigenvalue weighted by Crippen LogP contribution is -2.26. The van der Waals surface area contributed by atoms with Crippen LogP contribution in [0.2, 0.25) is 0 Å². The van der Waals surface area contributed by atoms with Crippen LogP contribution in [0.5, 0.6) is 5.75 Å². The van der Waals surface area contributed by atoms with Crippen molar-refractivity contribution in [1.29, 1.82) is 0 Å². The van der Waals surface area contributed by atoms with Gasteiger partial charge in [-0.15, -0.1) is 0 Å². The smallest absolute Gasteiger partial charge is 0.119 e. The number of methoxy groups -OCH3 is 1. The molecular formula is C16H22N2O. The largest absolute Gasteiger partial charge is 0.497 e. The highest BCUT2D eigenvalue weighted by Gasteiger charge is 2.21. The van der Waals surface area contributed by atoms with Crippen molar-refractivity contribution >= 4 is 0 Å².